The van der Waals surface area contributed by atoms with Crippen LogP contribution in [0.5, 0.6) is 0 Å². The molecule has 1 saturated carbocycles. The number of rotatable bonds is 5. The van der Waals surface area contributed by atoms with Gasteiger partial charge in [-0.25, -0.2) is 0 Å². The summed E-state index contributed by atoms with van der Waals surface area (Å²) in [6.45, 7) is 2.78. The largest absolute Gasteiger partial charge is 0.330 e. The molecule has 2 unspecified atom stereocenters. The van der Waals surface area contributed by atoms with Crippen molar-refractivity contribution < 1.29 is 9.31 Å². The van der Waals surface area contributed by atoms with E-state index in [1.54, 1.807) is 6.07 Å². The second-order valence-electron chi connectivity index (χ2n) is 6.29. The number of hydrogen-bond donors (Lipinski definition) is 1. The fourth-order valence-corrected chi connectivity index (χ4v) is 3.59. The fourth-order valence-electron chi connectivity index (χ4n) is 3.59. The van der Waals surface area contributed by atoms with E-state index in [1.165, 1.54) is 18.6 Å². The molecule has 1 aliphatic rings. The molecule has 2 rings (SSSR count). The Morgan fingerprint density at radius 1 is 1.52 bits per heavy atom. The number of nitro groups is 1. The van der Waals surface area contributed by atoms with E-state index in [0.717, 1.165) is 31.2 Å². The minimum atomic E-state index is -0.757. The van der Waals surface area contributed by atoms with Gasteiger partial charge in [0.2, 0.25) is 5.82 Å². The van der Waals surface area contributed by atoms with Crippen LogP contribution in [0.1, 0.15) is 44.6 Å². The van der Waals surface area contributed by atoms with Gasteiger partial charge in [-0.15, -0.1) is 0 Å². The average Bonchev–Trinajstić information content (AvgIpc) is 2.47. The van der Waals surface area contributed by atoms with Crippen molar-refractivity contribution >= 4 is 5.69 Å². The summed E-state index contributed by atoms with van der Waals surface area (Å²) in [5.41, 5.74) is 6.38. The van der Waals surface area contributed by atoms with Crippen molar-refractivity contribution in [2.45, 2.75) is 45.4 Å². The Morgan fingerprint density at radius 2 is 2.29 bits per heavy atom. The number of nitrogens with two attached hydrogens (primary N) is 1. The summed E-state index contributed by atoms with van der Waals surface area (Å²) >= 11 is 0. The van der Waals surface area contributed by atoms with Gasteiger partial charge in [-0.2, -0.15) is 4.39 Å². The molecular formula is C16H23FN2O2. The molecule has 1 aromatic carbocycles. The standard InChI is InChI=1S/C16H23FN2O2/c1-2-12-4-3-7-16(9-12,11-18)10-13-5-6-15(19(20)21)14(17)8-13/h5-6,8,12H,2-4,7,9-11,18H2,1H3. The summed E-state index contributed by atoms with van der Waals surface area (Å²) in [7, 11) is 0. The van der Waals surface area contributed by atoms with Crippen molar-refractivity contribution in [2.24, 2.45) is 17.1 Å². The zero-order valence-corrected chi connectivity index (χ0v) is 12.5. The molecular weight excluding hydrogens is 271 g/mol. The van der Waals surface area contributed by atoms with Crippen molar-refractivity contribution in [1.82, 2.24) is 0 Å². The van der Waals surface area contributed by atoms with Crippen molar-refractivity contribution in [1.29, 1.82) is 0 Å². The summed E-state index contributed by atoms with van der Waals surface area (Å²) < 4.78 is 13.8. The summed E-state index contributed by atoms with van der Waals surface area (Å²) in [5.74, 6) is -0.0716. The third-order valence-corrected chi connectivity index (χ3v) is 4.84. The summed E-state index contributed by atoms with van der Waals surface area (Å²) in [6.07, 6.45) is 6.38. The van der Waals surface area contributed by atoms with Gasteiger partial charge < -0.3 is 5.73 Å². The fraction of sp³-hybridized carbons (Fsp3) is 0.625. The van der Waals surface area contributed by atoms with Gasteiger partial charge in [-0.1, -0.05) is 32.3 Å². The Hall–Kier alpha value is -1.49. The van der Waals surface area contributed by atoms with Crippen LogP contribution in [0, 0.1) is 27.3 Å². The predicted molar refractivity (Wildman–Crippen MR) is 80.5 cm³/mol. The van der Waals surface area contributed by atoms with Crippen molar-refractivity contribution in [3.8, 4) is 0 Å². The van der Waals surface area contributed by atoms with Crippen LogP contribution in [0.2, 0.25) is 0 Å². The molecule has 1 aliphatic carbocycles. The average molecular weight is 294 g/mol. The first-order chi connectivity index (χ1) is 9.99. The molecule has 116 valence electrons. The molecule has 4 nitrogen and oxygen atoms in total. The van der Waals surface area contributed by atoms with Gasteiger partial charge in [-0.3, -0.25) is 10.1 Å². The molecule has 0 radical (unpaired) electrons. The highest BCUT2D eigenvalue weighted by Crippen LogP contribution is 2.42. The van der Waals surface area contributed by atoms with Crippen LogP contribution in [-0.2, 0) is 6.42 Å². The highest BCUT2D eigenvalue weighted by Gasteiger charge is 2.35. The minimum absolute atomic E-state index is 0.0154. The molecule has 0 aromatic heterocycles. The summed E-state index contributed by atoms with van der Waals surface area (Å²) in [5, 5.41) is 10.7. The molecule has 0 spiro atoms. The maximum atomic E-state index is 13.8. The van der Waals surface area contributed by atoms with Gasteiger partial charge in [0.15, 0.2) is 0 Å². The van der Waals surface area contributed by atoms with E-state index in [4.69, 9.17) is 5.73 Å². The predicted octanol–water partition coefficient (Wildman–Crippen LogP) is 3.82. The summed E-state index contributed by atoms with van der Waals surface area (Å²) in [4.78, 5) is 9.98. The van der Waals surface area contributed by atoms with Crippen molar-refractivity contribution in [3.63, 3.8) is 0 Å². The SMILES string of the molecule is CCC1CCCC(CN)(Cc2ccc([N+](=O)[O-])c(F)c2)C1. The van der Waals surface area contributed by atoms with E-state index in [9.17, 15) is 14.5 Å². The number of nitro benzene ring substituents is 1. The van der Waals surface area contributed by atoms with Gasteiger partial charge in [0, 0.05) is 6.07 Å². The van der Waals surface area contributed by atoms with Gasteiger partial charge in [0.1, 0.15) is 0 Å². The van der Waals surface area contributed by atoms with Crippen LogP contribution in [0.3, 0.4) is 0 Å². The molecule has 0 saturated heterocycles. The summed E-state index contributed by atoms with van der Waals surface area (Å²) in [6, 6.07) is 4.22. The maximum absolute atomic E-state index is 13.8. The van der Waals surface area contributed by atoms with Crippen LogP contribution in [0.15, 0.2) is 18.2 Å². The van der Waals surface area contributed by atoms with E-state index < -0.39 is 16.4 Å². The third-order valence-electron chi connectivity index (χ3n) is 4.84. The van der Waals surface area contributed by atoms with Gasteiger partial charge in [0.05, 0.1) is 4.92 Å². The third kappa shape index (κ3) is 3.59. The Bertz CT molecular complexity index is 521. The molecule has 2 N–H and O–H groups in total. The normalized spacial score (nSPS) is 25.8. The zero-order valence-electron chi connectivity index (χ0n) is 12.5. The Labute approximate surface area is 124 Å². The van der Waals surface area contributed by atoms with Gasteiger partial charge >= 0.3 is 5.69 Å². The number of hydrogen-bond acceptors (Lipinski definition) is 3. The van der Waals surface area contributed by atoms with Crippen molar-refractivity contribution in [3.05, 3.63) is 39.7 Å². The van der Waals surface area contributed by atoms with E-state index in [0.29, 0.717) is 18.9 Å². The highest BCUT2D eigenvalue weighted by molar-refractivity contribution is 5.35. The first kappa shape index (κ1) is 15.9. The van der Waals surface area contributed by atoms with Crippen molar-refractivity contribution in [2.75, 3.05) is 6.54 Å². The second-order valence-corrected chi connectivity index (χ2v) is 6.29. The number of halogens is 1. The quantitative estimate of drug-likeness (QED) is 0.663. The maximum Gasteiger partial charge on any atom is 0.304 e. The molecule has 0 bridgehead atoms. The van der Waals surface area contributed by atoms with E-state index >= 15 is 0 Å². The lowest BCUT2D eigenvalue weighted by molar-refractivity contribution is -0.387. The molecule has 2 atom stereocenters. The topological polar surface area (TPSA) is 69.2 Å². The lowest BCUT2D eigenvalue weighted by atomic mass is 9.66. The Morgan fingerprint density at radius 3 is 2.86 bits per heavy atom. The Balaban J connectivity index is 2.18. The lowest BCUT2D eigenvalue weighted by Crippen LogP contribution is -2.37. The monoisotopic (exact) mass is 294 g/mol. The van der Waals surface area contributed by atoms with Crippen LogP contribution < -0.4 is 5.73 Å². The molecule has 5 heteroatoms. The molecule has 0 heterocycles. The second kappa shape index (κ2) is 6.52. The number of nitrogens with zero attached hydrogens (tertiary/aromatic N) is 1. The molecule has 0 aliphatic heterocycles. The molecule has 1 aromatic rings. The van der Waals surface area contributed by atoms with Crippen LogP contribution in [-0.4, -0.2) is 11.5 Å². The van der Waals surface area contributed by atoms with E-state index in [-0.39, 0.29) is 5.41 Å². The van der Waals surface area contributed by atoms with Crippen LogP contribution >= 0.6 is 0 Å². The molecule has 21 heavy (non-hydrogen) atoms. The van der Waals surface area contributed by atoms with Crippen LogP contribution in [0.25, 0.3) is 0 Å². The van der Waals surface area contributed by atoms with E-state index in [1.807, 2.05) is 0 Å². The first-order valence-electron chi connectivity index (χ1n) is 7.62. The van der Waals surface area contributed by atoms with Gasteiger partial charge in [-0.05, 0) is 48.8 Å². The van der Waals surface area contributed by atoms with Crippen LogP contribution in [0.4, 0.5) is 10.1 Å². The zero-order chi connectivity index (χ0) is 15.5. The van der Waals surface area contributed by atoms with Gasteiger partial charge in [0.25, 0.3) is 0 Å². The lowest BCUT2D eigenvalue weighted by Gasteiger charge is -2.40. The molecule has 1 fully saturated rings. The first-order valence-corrected chi connectivity index (χ1v) is 7.62. The Kier molecular flexibility index (Phi) is 4.93. The minimum Gasteiger partial charge on any atom is -0.330 e. The number of benzene rings is 1. The highest BCUT2D eigenvalue weighted by atomic mass is 19.1. The smallest absolute Gasteiger partial charge is 0.304 e. The van der Waals surface area contributed by atoms with E-state index in [2.05, 4.69) is 6.92 Å². The molecule has 0 amide bonds.